The van der Waals surface area contributed by atoms with E-state index in [1.54, 1.807) is 44.4 Å². The van der Waals surface area contributed by atoms with E-state index in [1.165, 1.54) is 11.0 Å². The largest absolute Gasteiger partial charge is 0.452 e. The fraction of sp³-hybridized carbons (Fsp3) is 0.176. The number of anilines is 1. The first kappa shape index (κ1) is 18.1. The maximum Gasteiger partial charge on any atom is 0.340 e. The second kappa shape index (κ2) is 7.55. The van der Waals surface area contributed by atoms with E-state index >= 15 is 0 Å². The number of amides is 1. The molecule has 0 aliphatic heterocycles. The lowest BCUT2D eigenvalue weighted by molar-refractivity contribution is -0.131. The number of nitrogens with two attached hydrogens (primary N) is 1. The Balaban J connectivity index is 2.20. The van der Waals surface area contributed by atoms with Crippen LogP contribution in [0.4, 0.5) is 5.69 Å². The van der Waals surface area contributed by atoms with Crippen molar-refractivity contribution in [3.63, 3.8) is 0 Å². The van der Waals surface area contributed by atoms with Crippen molar-refractivity contribution in [2.75, 3.05) is 26.4 Å². The summed E-state index contributed by atoms with van der Waals surface area (Å²) in [6.45, 7) is -0.337. The Hall–Kier alpha value is -2.24. The Labute approximate surface area is 149 Å². The predicted octanol–water partition coefficient (Wildman–Crippen LogP) is 3.49. The van der Waals surface area contributed by atoms with Crippen molar-refractivity contribution >= 4 is 40.8 Å². The smallest absolute Gasteiger partial charge is 0.340 e. The molecule has 0 saturated heterocycles. The van der Waals surface area contributed by atoms with E-state index < -0.39 is 5.97 Å². The third-order valence-corrected chi connectivity index (χ3v) is 3.89. The Morgan fingerprint density at radius 3 is 2.42 bits per heavy atom. The van der Waals surface area contributed by atoms with Crippen molar-refractivity contribution in [2.45, 2.75) is 0 Å². The summed E-state index contributed by atoms with van der Waals surface area (Å²) >= 11 is 12.1. The molecular formula is C17H16Cl2N2O3. The summed E-state index contributed by atoms with van der Waals surface area (Å²) in [5.74, 6) is -0.969. The molecule has 0 fully saturated rings. The number of esters is 1. The number of hydrogen-bond acceptors (Lipinski definition) is 4. The molecule has 2 aromatic rings. The first-order chi connectivity index (χ1) is 11.3. The molecule has 0 heterocycles. The zero-order chi connectivity index (χ0) is 17.9. The first-order valence-corrected chi connectivity index (χ1v) is 7.77. The van der Waals surface area contributed by atoms with Crippen LogP contribution in [0, 0.1) is 0 Å². The average Bonchev–Trinajstić information content (AvgIpc) is 2.52. The topological polar surface area (TPSA) is 72.6 Å². The minimum absolute atomic E-state index is 0.190. The molecule has 126 valence electrons. The Morgan fingerprint density at radius 2 is 1.83 bits per heavy atom. The number of nitrogens with zero attached hydrogens (tertiary/aromatic N) is 1. The predicted molar refractivity (Wildman–Crippen MR) is 95.3 cm³/mol. The third kappa shape index (κ3) is 4.19. The lowest BCUT2D eigenvalue weighted by Gasteiger charge is -2.12. The standard InChI is InChI=1S/C17H16Cl2N2O3/c1-21(2)16(22)9-24-17(23)13-5-3-10(7-15(13)20)12-6-4-11(18)8-14(12)19/h3-8H,9,20H2,1-2H3. The Kier molecular flexibility index (Phi) is 5.70. The van der Waals surface area contributed by atoms with Crippen LogP contribution in [0.15, 0.2) is 36.4 Å². The highest BCUT2D eigenvalue weighted by atomic mass is 35.5. The maximum atomic E-state index is 12.0. The van der Waals surface area contributed by atoms with E-state index in [1.807, 2.05) is 0 Å². The number of hydrogen-bond donors (Lipinski definition) is 1. The van der Waals surface area contributed by atoms with Crippen LogP contribution >= 0.6 is 23.2 Å². The van der Waals surface area contributed by atoms with Crippen molar-refractivity contribution in [3.05, 3.63) is 52.0 Å². The lowest BCUT2D eigenvalue weighted by atomic mass is 10.0. The molecule has 2 rings (SSSR count). The van der Waals surface area contributed by atoms with Gasteiger partial charge in [-0.05, 0) is 29.8 Å². The molecule has 0 unspecified atom stereocenters. The minimum Gasteiger partial charge on any atom is -0.452 e. The highest BCUT2D eigenvalue weighted by molar-refractivity contribution is 6.36. The van der Waals surface area contributed by atoms with Crippen LogP contribution in [0.5, 0.6) is 0 Å². The molecule has 0 aliphatic carbocycles. The first-order valence-electron chi connectivity index (χ1n) is 7.02. The number of likely N-dealkylation sites (N-methyl/N-ethyl adjacent to an activating group) is 1. The van der Waals surface area contributed by atoms with E-state index in [2.05, 4.69) is 0 Å². The number of carbonyl (C=O) groups is 2. The van der Waals surface area contributed by atoms with Crippen LogP contribution in [0.1, 0.15) is 10.4 Å². The van der Waals surface area contributed by atoms with Gasteiger partial charge in [0.1, 0.15) is 0 Å². The molecule has 1 amide bonds. The van der Waals surface area contributed by atoms with E-state index in [-0.39, 0.29) is 23.8 Å². The number of nitrogen functional groups attached to an aromatic ring is 1. The molecule has 0 bridgehead atoms. The van der Waals surface area contributed by atoms with Gasteiger partial charge in [0.05, 0.1) is 5.56 Å². The normalized spacial score (nSPS) is 10.3. The SMILES string of the molecule is CN(C)C(=O)COC(=O)c1ccc(-c2ccc(Cl)cc2Cl)cc1N. The number of rotatable bonds is 4. The molecule has 0 saturated carbocycles. The molecule has 5 nitrogen and oxygen atoms in total. The van der Waals surface area contributed by atoms with Crippen molar-refractivity contribution in [1.82, 2.24) is 4.90 Å². The van der Waals surface area contributed by atoms with Gasteiger partial charge in [-0.1, -0.05) is 35.3 Å². The summed E-state index contributed by atoms with van der Waals surface area (Å²) in [6, 6.07) is 9.98. The van der Waals surface area contributed by atoms with Gasteiger partial charge in [-0.3, -0.25) is 4.79 Å². The summed E-state index contributed by atoms with van der Waals surface area (Å²) in [7, 11) is 3.16. The monoisotopic (exact) mass is 366 g/mol. The molecular weight excluding hydrogens is 351 g/mol. The zero-order valence-corrected chi connectivity index (χ0v) is 14.7. The minimum atomic E-state index is -0.656. The van der Waals surface area contributed by atoms with Crippen LogP contribution in [-0.4, -0.2) is 37.5 Å². The van der Waals surface area contributed by atoms with Gasteiger partial charge in [0.2, 0.25) is 0 Å². The number of benzene rings is 2. The molecule has 0 aliphatic rings. The third-order valence-electron chi connectivity index (χ3n) is 3.34. The van der Waals surface area contributed by atoms with Crippen LogP contribution in [0.25, 0.3) is 11.1 Å². The quantitative estimate of drug-likeness (QED) is 0.663. The molecule has 0 radical (unpaired) electrons. The van der Waals surface area contributed by atoms with Gasteiger partial charge in [-0.25, -0.2) is 4.79 Å². The zero-order valence-electron chi connectivity index (χ0n) is 13.2. The van der Waals surface area contributed by atoms with Gasteiger partial charge in [-0.2, -0.15) is 0 Å². The molecule has 0 spiro atoms. The van der Waals surface area contributed by atoms with Crippen LogP contribution < -0.4 is 5.73 Å². The highest BCUT2D eigenvalue weighted by Crippen LogP contribution is 2.32. The lowest BCUT2D eigenvalue weighted by Crippen LogP contribution is -2.27. The Morgan fingerprint density at radius 1 is 1.12 bits per heavy atom. The van der Waals surface area contributed by atoms with E-state index in [0.717, 1.165) is 11.1 Å². The van der Waals surface area contributed by atoms with Crippen LogP contribution in [-0.2, 0) is 9.53 Å². The molecule has 2 aromatic carbocycles. The van der Waals surface area contributed by atoms with Crippen molar-refractivity contribution in [2.24, 2.45) is 0 Å². The summed E-state index contributed by atoms with van der Waals surface area (Å²) in [6.07, 6.45) is 0. The van der Waals surface area contributed by atoms with Crippen LogP contribution in [0.3, 0.4) is 0 Å². The molecule has 7 heteroatoms. The molecule has 2 N–H and O–H groups in total. The van der Waals surface area contributed by atoms with Crippen LogP contribution in [0.2, 0.25) is 10.0 Å². The van der Waals surface area contributed by atoms with Crippen molar-refractivity contribution in [3.8, 4) is 11.1 Å². The number of carbonyl (C=O) groups excluding carboxylic acids is 2. The average molecular weight is 367 g/mol. The summed E-state index contributed by atoms with van der Waals surface area (Å²) < 4.78 is 4.96. The van der Waals surface area contributed by atoms with Gasteiger partial charge in [0.25, 0.3) is 5.91 Å². The fourth-order valence-electron chi connectivity index (χ4n) is 1.97. The van der Waals surface area contributed by atoms with Gasteiger partial charge in [-0.15, -0.1) is 0 Å². The summed E-state index contributed by atoms with van der Waals surface area (Å²) in [5, 5.41) is 1.01. The van der Waals surface area contributed by atoms with Crippen molar-refractivity contribution < 1.29 is 14.3 Å². The highest BCUT2D eigenvalue weighted by Gasteiger charge is 2.15. The van der Waals surface area contributed by atoms with Gasteiger partial charge >= 0.3 is 5.97 Å². The fourth-order valence-corrected chi connectivity index (χ4v) is 2.49. The number of ether oxygens (including phenoxy) is 1. The Bertz CT molecular complexity index is 791. The second-order valence-corrected chi connectivity index (χ2v) is 6.13. The molecule has 0 aromatic heterocycles. The van der Waals surface area contributed by atoms with Gasteiger partial charge in [0.15, 0.2) is 6.61 Å². The molecule has 24 heavy (non-hydrogen) atoms. The van der Waals surface area contributed by atoms with E-state index in [4.69, 9.17) is 33.7 Å². The number of halogens is 2. The van der Waals surface area contributed by atoms with E-state index in [9.17, 15) is 9.59 Å². The molecule has 0 atom stereocenters. The van der Waals surface area contributed by atoms with E-state index in [0.29, 0.717) is 10.0 Å². The van der Waals surface area contributed by atoms with Crippen molar-refractivity contribution in [1.29, 1.82) is 0 Å². The van der Waals surface area contributed by atoms with Gasteiger partial charge in [0, 0.05) is 35.4 Å². The van der Waals surface area contributed by atoms with Gasteiger partial charge < -0.3 is 15.4 Å². The summed E-state index contributed by atoms with van der Waals surface area (Å²) in [5.41, 5.74) is 7.86. The maximum absolute atomic E-state index is 12.0. The summed E-state index contributed by atoms with van der Waals surface area (Å²) in [4.78, 5) is 24.8. The second-order valence-electron chi connectivity index (χ2n) is 5.29.